The molecule has 5 heteroatoms. The first-order chi connectivity index (χ1) is 8.67. The minimum atomic E-state index is -0.198. The van der Waals surface area contributed by atoms with E-state index in [2.05, 4.69) is 12.6 Å². The molecule has 0 aromatic carbocycles. The van der Waals surface area contributed by atoms with E-state index < -0.39 is 0 Å². The number of imide groups is 1. The number of hydrogen-bond donors (Lipinski definition) is 1. The number of nitrogens with zero attached hydrogens (tertiary/aromatic N) is 1. The number of hydrogen-bond acceptors (Lipinski definition) is 4. The van der Waals surface area contributed by atoms with Crippen LogP contribution in [-0.2, 0) is 14.3 Å². The highest BCUT2D eigenvalue weighted by atomic mass is 32.1. The molecule has 2 fully saturated rings. The van der Waals surface area contributed by atoms with Crippen molar-refractivity contribution in [3.63, 3.8) is 0 Å². The lowest BCUT2D eigenvalue weighted by Gasteiger charge is -2.37. The second kappa shape index (κ2) is 6.06. The molecular formula is C13H21NO3S. The van der Waals surface area contributed by atoms with E-state index in [-0.39, 0.29) is 30.4 Å². The highest BCUT2D eigenvalue weighted by molar-refractivity contribution is 7.80. The number of thiol groups is 1. The zero-order valence-electron chi connectivity index (χ0n) is 10.7. The molecule has 2 aliphatic rings. The van der Waals surface area contributed by atoms with Crippen molar-refractivity contribution in [2.24, 2.45) is 5.41 Å². The van der Waals surface area contributed by atoms with Crippen LogP contribution in [0.2, 0.25) is 0 Å². The van der Waals surface area contributed by atoms with Crippen molar-refractivity contribution in [1.82, 2.24) is 4.90 Å². The van der Waals surface area contributed by atoms with Crippen LogP contribution >= 0.6 is 12.6 Å². The summed E-state index contributed by atoms with van der Waals surface area (Å²) < 4.78 is 4.94. The van der Waals surface area contributed by atoms with Gasteiger partial charge < -0.3 is 4.74 Å². The Balaban J connectivity index is 2.07. The molecule has 0 spiro atoms. The maximum atomic E-state index is 11.8. The average Bonchev–Trinajstić information content (AvgIpc) is 2.60. The SMILES string of the molecule is O=C1COCC(=O)N1CC1(CS)CCCCCC1. The van der Waals surface area contributed by atoms with Crippen molar-refractivity contribution >= 4 is 24.4 Å². The Labute approximate surface area is 113 Å². The van der Waals surface area contributed by atoms with Gasteiger partial charge in [-0.05, 0) is 24.0 Å². The zero-order valence-corrected chi connectivity index (χ0v) is 11.6. The van der Waals surface area contributed by atoms with Crippen LogP contribution in [0.25, 0.3) is 0 Å². The van der Waals surface area contributed by atoms with Gasteiger partial charge in [0.15, 0.2) is 0 Å². The van der Waals surface area contributed by atoms with E-state index in [4.69, 9.17) is 4.74 Å². The average molecular weight is 271 g/mol. The van der Waals surface area contributed by atoms with Crippen molar-refractivity contribution in [1.29, 1.82) is 0 Å². The Morgan fingerprint density at radius 2 is 1.61 bits per heavy atom. The van der Waals surface area contributed by atoms with Crippen molar-refractivity contribution in [3.8, 4) is 0 Å². The molecule has 102 valence electrons. The van der Waals surface area contributed by atoms with Crippen LogP contribution in [0.15, 0.2) is 0 Å². The predicted molar refractivity (Wildman–Crippen MR) is 71.5 cm³/mol. The van der Waals surface area contributed by atoms with Crippen molar-refractivity contribution in [2.75, 3.05) is 25.5 Å². The van der Waals surface area contributed by atoms with Crippen LogP contribution < -0.4 is 0 Å². The van der Waals surface area contributed by atoms with Gasteiger partial charge in [-0.1, -0.05) is 25.7 Å². The molecule has 1 aliphatic carbocycles. The largest absolute Gasteiger partial charge is 0.362 e. The maximum Gasteiger partial charge on any atom is 0.255 e. The van der Waals surface area contributed by atoms with Gasteiger partial charge in [0.2, 0.25) is 0 Å². The highest BCUT2D eigenvalue weighted by Gasteiger charge is 2.37. The summed E-state index contributed by atoms with van der Waals surface area (Å²) in [4.78, 5) is 24.9. The van der Waals surface area contributed by atoms with E-state index in [0.29, 0.717) is 6.54 Å². The van der Waals surface area contributed by atoms with Gasteiger partial charge in [-0.15, -0.1) is 0 Å². The molecule has 18 heavy (non-hydrogen) atoms. The number of ether oxygens (including phenoxy) is 1. The third-order valence-electron chi connectivity index (χ3n) is 4.05. The molecule has 2 amide bonds. The topological polar surface area (TPSA) is 46.6 Å². The first kappa shape index (κ1) is 13.9. The number of rotatable bonds is 3. The van der Waals surface area contributed by atoms with E-state index in [0.717, 1.165) is 18.6 Å². The van der Waals surface area contributed by atoms with Crippen LogP contribution in [0.5, 0.6) is 0 Å². The monoisotopic (exact) mass is 271 g/mol. The predicted octanol–water partition coefficient (Wildman–Crippen LogP) is 1.64. The molecule has 0 aromatic rings. The van der Waals surface area contributed by atoms with Crippen LogP contribution in [0.4, 0.5) is 0 Å². The first-order valence-electron chi connectivity index (χ1n) is 6.69. The summed E-state index contributed by atoms with van der Waals surface area (Å²) in [5.74, 6) is 0.346. The Hall–Kier alpha value is -0.550. The Bertz CT molecular complexity index is 308. The molecule has 1 heterocycles. The molecular weight excluding hydrogens is 250 g/mol. The van der Waals surface area contributed by atoms with E-state index in [9.17, 15) is 9.59 Å². The summed E-state index contributed by atoms with van der Waals surface area (Å²) in [6.45, 7) is 0.598. The number of morpholine rings is 1. The molecule has 0 atom stereocenters. The molecule has 0 aromatic heterocycles. The number of carbonyl (C=O) groups is 2. The van der Waals surface area contributed by atoms with Crippen LogP contribution in [-0.4, -0.2) is 42.2 Å². The van der Waals surface area contributed by atoms with Crippen LogP contribution in [0.1, 0.15) is 38.5 Å². The van der Waals surface area contributed by atoms with Crippen molar-refractivity contribution in [3.05, 3.63) is 0 Å². The number of carbonyl (C=O) groups excluding carboxylic acids is 2. The minimum Gasteiger partial charge on any atom is -0.362 e. The van der Waals surface area contributed by atoms with Gasteiger partial charge in [0.25, 0.3) is 11.8 Å². The lowest BCUT2D eigenvalue weighted by molar-refractivity contribution is -0.160. The fraction of sp³-hybridized carbons (Fsp3) is 0.846. The third-order valence-corrected chi connectivity index (χ3v) is 4.72. The van der Waals surface area contributed by atoms with E-state index in [1.165, 1.54) is 30.6 Å². The summed E-state index contributed by atoms with van der Waals surface area (Å²) in [5.41, 5.74) is 0.0161. The second-order valence-corrected chi connectivity index (χ2v) is 5.75. The fourth-order valence-corrected chi connectivity index (χ4v) is 3.29. The third kappa shape index (κ3) is 3.06. The summed E-state index contributed by atoms with van der Waals surface area (Å²) in [5, 5.41) is 0. The fourth-order valence-electron chi connectivity index (χ4n) is 2.88. The summed E-state index contributed by atoms with van der Waals surface area (Å²) >= 11 is 4.48. The lowest BCUT2D eigenvalue weighted by atomic mass is 9.81. The van der Waals surface area contributed by atoms with Crippen LogP contribution in [0, 0.1) is 5.41 Å². The molecule has 0 N–H and O–H groups in total. The molecule has 2 rings (SSSR count). The quantitative estimate of drug-likeness (QED) is 0.482. The van der Waals surface area contributed by atoms with Gasteiger partial charge in [-0.3, -0.25) is 14.5 Å². The van der Waals surface area contributed by atoms with Gasteiger partial charge >= 0.3 is 0 Å². The van der Waals surface area contributed by atoms with Gasteiger partial charge in [0.1, 0.15) is 13.2 Å². The summed E-state index contributed by atoms with van der Waals surface area (Å²) in [7, 11) is 0. The molecule has 0 bridgehead atoms. The van der Waals surface area contributed by atoms with E-state index in [1.807, 2.05) is 0 Å². The lowest BCUT2D eigenvalue weighted by Crippen LogP contribution is -2.51. The molecule has 1 aliphatic heterocycles. The smallest absolute Gasteiger partial charge is 0.255 e. The van der Waals surface area contributed by atoms with E-state index in [1.54, 1.807) is 0 Å². The highest BCUT2D eigenvalue weighted by Crippen LogP contribution is 2.37. The summed E-state index contributed by atoms with van der Waals surface area (Å²) in [6.07, 6.45) is 6.98. The Morgan fingerprint density at radius 3 is 2.11 bits per heavy atom. The molecule has 0 unspecified atom stereocenters. The minimum absolute atomic E-state index is 0.0161. The number of amides is 2. The zero-order chi connectivity index (χ0) is 13.0. The van der Waals surface area contributed by atoms with Crippen molar-refractivity contribution in [2.45, 2.75) is 38.5 Å². The molecule has 1 saturated carbocycles. The standard InChI is InChI=1S/C13H21NO3S/c15-11-7-17-8-12(16)14(11)9-13(10-18)5-3-1-2-4-6-13/h18H,1-10H2. The molecule has 0 radical (unpaired) electrons. The second-order valence-electron chi connectivity index (χ2n) is 5.44. The maximum absolute atomic E-state index is 11.8. The molecule has 1 saturated heterocycles. The molecule has 4 nitrogen and oxygen atoms in total. The summed E-state index contributed by atoms with van der Waals surface area (Å²) in [6, 6.07) is 0. The first-order valence-corrected chi connectivity index (χ1v) is 7.32. The Morgan fingerprint density at radius 1 is 1.06 bits per heavy atom. The van der Waals surface area contributed by atoms with Gasteiger partial charge in [-0.25, -0.2) is 0 Å². The van der Waals surface area contributed by atoms with Crippen LogP contribution in [0.3, 0.4) is 0 Å². The Kier molecular flexibility index (Phi) is 4.67. The van der Waals surface area contributed by atoms with Gasteiger partial charge in [0.05, 0.1) is 0 Å². The van der Waals surface area contributed by atoms with Gasteiger partial charge in [0, 0.05) is 6.54 Å². The van der Waals surface area contributed by atoms with Crippen molar-refractivity contribution < 1.29 is 14.3 Å². The van der Waals surface area contributed by atoms with E-state index >= 15 is 0 Å². The van der Waals surface area contributed by atoms with Gasteiger partial charge in [-0.2, -0.15) is 12.6 Å². The normalized spacial score (nSPS) is 25.1.